The first-order chi connectivity index (χ1) is 7.10. The molecule has 2 nitrogen and oxygen atoms in total. The van der Waals surface area contributed by atoms with E-state index in [1.54, 1.807) is 13.0 Å². The molecule has 0 atom stereocenters. The van der Waals surface area contributed by atoms with Crippen LogP contribution in [0.3, 0.4) is 0 Å². The molecule has 1 rings (SSSR count). The minimum absolute atomic E-state index is 0.275. The van der Waals surface area contributed by atoms with E-state index >= 15 is 0 Å². The van der Waals surface area contributed by atoms with Crippen molar-refractivity contribution in [3.8, 4) is 12.3 Å². The van der Waals surface area contributed by atoms with Crippen molar-refractivity contribution in [2.24, 2.45) is 0 Å². The zero-order chi connectivity index (χ0) is 11.4. The van der Waals surface area contributed by atoms with Gasteiger partial charge in [-0.15, -0.1) is 6.42 Å². The van der Waals surface area contributed by atoms with E-state index in [9.17, 15) is 4.79 Å². The Morgan fingerprint density at radius 2 is 2.40 bits per heavy atom. The van der Waals surface area contributed by atoms with E-state index in [0.29, 0.717) is 18.6 Å². The smallest absolute Gasteiger partial charge is 0.334 e. The lowest BCUT2D eigenvalue weighted by molar-refractivity contribution is -0.138. The highest BCUT2D eigenvalue weighted by Gasteiger charge is 2.19. The number of carbonyl (C=O) groups excluding carboxylic acids is 1. The summed E-state index contributed by atoms with van der Waals surface area (Å²) in [5.41, 5.74) is 3.08. The average Bonchev–Trinajstić information content (AvgIpc) is 2.21. The van der Waals surface area contributed by atoms with Crippen molar-refractivity contribution in [1.82, 2.24) is 0 Å². The molecule has 0 saturated heterocycles. The van der Waals surface area contributed by atoms with Gasteiger partial charge in [-0.05, 0) is 31.1 Å². The first kappa shape index (κ1) is 11.3. The van der Waals surface area contributed by atoms with E-state index < -0.39 is 0 Å². The molecule has 0 heterocycles. The summed E-state index contributed by atoms with van der Waals surface area (Å²) in [4.78, 5) is 11.5. The van der Waals surface area contributed by atoms with Gasteiger partial charge in [-0.2, -0.15) is 0 Å². The summed E-state index contributed by atoms with van der Waals surface area (Å²) in [6.45, 7) is 7.87. The van der Waals surface area contributed by atoms with Gasteiger partial charge in [0.15, 0.2) is 0 Å². The van der Waals surface area contributed by atoms with Crippen LogP contribution in [0.15, 0.2) is 34.9 Å². The topological polar surface area (TPSA) is 26.3 Å². The van der Waals surface area contributed by atoms with Gasteiger partial charge in [0.1, 0.15) is 0 Å². The SMILES string of the molecule is C#CC1=CC(C)=C(C(=O)OCC)CC1=C. The van der Waals surface area contributed by atoms with Crippen LogP contribution >= 0.6 is 0 Å². The van der Waals surface area contributed by atoms with Crippen LogP contribution in [-0.4, -0.2) is 12.6 Å². The molecule has 15 heavy (non-hydrogen) atoms. The van der Waals surface area contributed by atoms with Crippen molar-refractivity contribution in [2.45, 2.75) is 20.3 Å². The Morgan fingerprint density at radius 3 is 2.93 bits per heavy atom. The predicted octanol–water partition coefficient (Wildman–Crippen LogP) is 2.39. The van der Waals surface area contributed by atoms with Crippen molar-refractivity contribution in [3.63, 3.8) is 0 Å². The molecule has 0 saturated carbocycles. The summed E-state index contributed by atoms with van der Waals surface area (Å²) >= 11 is 0. The first-order valence-electron chi connectivity index (χ1n) is 4.83. The third-order valence-electron chi connectivity index (χ3n) is 2.29. The largest absolute Gasteiger partial charge is 0.463 e. The molecule has 0 radical (unpaired) electrons. The van der Waals surface area contributed by atoms with Gasteiger partial charge in [-0.25, -0.2) is 4.79 Å². The van der Waals surface area contributed by atoms with Crippen molar-refractivity contribution in [1.29, 1.82) is 0 Å². The molecule has 0 fully saturated rings. The molecule has 1 aliphatic rings. The second-order valence-electron chi connectivity index (χ2n) is 3.36. The van der Waals surface area contributed by atoms with E-state index in [1.165, 1.54) is 0 Å². The maximum absolute atomic E-state index is 11.5. The standard InChI is InChI=1S/C13H14O2/c1-5-11-7-10(4)12(8-9(11)3)13(14)15-6-2/h1,7H,3,6,8H2,2,4H3. The maximum atomic E-state index is 11.5. The minimum atomic E-state index is -0.275. The fraction of sp³-hybridized carbons (Fsp3) is 0.308. The van der Waals surface area contributed by atoms with Gasteiger partial charge in [0.25, 0.3) is 0 Å². The molecule has 0 unspecified atom stereocenters. The van der Waals surface area contributed by atoms with E-state index in [-0.39, 0.29) is 5.97 Å². The lowest BCUT2D eigenvalue weighted by atomic mass is 9.90. The molecule has 1 aliphatic carbocycles. The van der Waals surface area contributed by atoms with E-state index in [2.05, 4.69) is 12.5 Å². The van der Waals surface area contributed by atoms with Gasteiger partial charge in [-0.1, -0.05) is 12.5 Å². The van der Waals surface area contributed by atoms with Gasteiger partial charge >= 0.3 is 5.97 Å². The summed E-state index contributed by atoms with van der Waals surface area (Å²) in [5.74, 6) is 2.28. The van der Waals surface area contributed by atoms with Gasteiger partial charge in [0.05, 0.1) is 6.61 Å². The molecular weight excluding hydrogens is 188 g/mol. The van der Waals surface area contributed by atoms with Crippen molar-refractivity contribution >= 4 is 5.97 Å². The quantitative estimate of drug-likeness (QED) is 0.507. The zero-order valence-electron chi connectivity index (χ0n) is 9.09. The number of rotatable bonds is 2. The number of allylic oxidation sites excluding steroid dienone is 4. The Hall–Kier alpha value is -1.75. The summed E-state index contributed by atoms with van der Waals surface area (Å²) in [6, 6.07) is 0. The molecule has 0 amide bonds. The second-order valence-corrected chi connectivity index (χ2v) is 3.36. The number of carbonyl (C=O) groups is 1. The van der Waals surface area contributed by atoms with Crippen LogP contribution in [0.2, 0.25) is 0 Å². The van der Waals surface area contributed by atoms with Crippen LogP contribution in [0.4, 0.5) is 0 Å². The van der Waals surface area contributed by atoms with Crippen LogP contribution in [0.1, 0.15) is 20.3 Å². The number of hydrogen-bond donors (Lipinski definition) is 0. The fourth-order valence-corrected chi connectivity index (χ4v) is 1.45. The molecule has 2 heteroatoms. The number of ether oxygens (including phenoxy) is 1. The Balaban J connectivity index is 3.01. The Bertz CT molecular complexity index is 403. The predicted molar refractivity (Wildman–Crippen MR) is 60.0 cm³/mol. The minimum Gasteiger partial charge on any atom is -0.463 e. The summed E-state index contributed by atoms with van der Waals surface area (Å²) in [5, 5.41) is 0. The average molecular weight is 202 g/mol. The molecule has 0 aromatic carbocycles. The van der Waals surface area contributed by atoms with Crippen molar-refractivity contribution in [3.05, 3.63) is 34.9 Å². The van der Waals surface area contributed by atoms with Crippen molar-refractivity contribution < 1.29 is 9.53 Å². The summed E-state index contributed by atoms with van der Waals surface area (Å²) in [6.07, 6.45) is 7.61. The molecule has 0 aromatic rings. The molecule has 0 bridgehead atoms. The molecule has 78 valence electrons. The molecule has 0 aliphatic heterocycles. The van der Waals surface area contributed by atoms with Crippen LogP contribution in [0, 0.1) is 12.3 Å². The van der Waals surface area contributed by atoms with E-state index in [4.69, 9.17) is 11.2 Å². The van der Waals surface area contributed by atoms with Gasteiger partial charge < -0.3 is 4.74 Å². The summed E-state index contributed by atoms with van der Waals surface area (Å²) < 4.78 is 4.95. The number of esters is 1. The van der Waals surface area contributed by atoms with Crippen LogP contribution in [-0.2, 0) is 9.53 Å². The van der Waals surface area contributed by atoms with Gasteiger partial charge in [0, 0.05) is 17.6 Å². The first-order valence-corrected chi connectivity index (χ1v) is 4.83. The van der Waals surface area contributed by atoms with Crippen LogP contribution < -0.4 is 0 Å². The monoisotopic (exact) mass is 202 g/mol. The van der Waals surface area contributed by atoms with Gasteiger partial charge in [-0.3, -0.25) is 0 Å². The Morgan fingerprint density at radius 1 is 1.73 bits per heavy atom. The third-order valence-corrected chi connectivity index (χ3v) is 2.29. The highest BCUT2D eigenvalue weighted by atomic mass is 16.5. The molecule has 0 N–H and O–H groups in total. The second kappa shape index (κ2) is 4.65. The van der Waals surface area contributed by atoms with Crippen LogP contribution in [0.25, 0.3) is 0 Å². The summed E-state index contributed by atoms with van der Waals surface area (Å²) in [7, 11) is 0. The van der Waals surface area contributed by atoms with Gasteiger partial charge in [0.2, 0.25) is 0 Å². The maximum Gasteiger partial charge on any atom is 0.334 e. The van der Waals surface area contributed by atoms with E-state index in [0.717, 1.165) is 16.7 Å². The molecular formula is C13H14O2. The number of terminal acetylenes is 1. The number of hydrogen-bond acceptors (Lipinski definition) is 2. The zero-order valence-corrected chi connectivity index (χ0v) is 9.09. The van der Waals surface area contributed by atoms with Crippen molar-refractivity contribution in [2.75, 3.05) is 6.61 Å². The van der Waals surface area contributed by atoms with E-state index in [1.807, 2.05) is 6.92 Å². The third kappa shape index (κ3) is 2.38. The Labute approximate surface area is 90.3 Å². The Kier molecular flexibility index (Phi) is 3.51. The normalized spacial score (nSPS) is 15.8. The highest BCUT2D eigenvalue weighted by Crippen LogP contribution is 2.27. The fourth-order valence-electron chi connectivity index (χ4n) is 1.45. The highest BCUT2D eigenvalue weighted by molar-refractivity contribution is 5.91. The lowest BCUT2D eigenvalue weighted by Crippen LogP contribution is -2.12. The lowest BCUT2D eigenvalue weighted by Gasteiger charge is -2.16. The molecule has 0 aromatic heterocycles. The molecule has 0 spiro atoms. The van der Waals surface area contributed by atoms with Crippen LogP contribution in [0.5, 0.6) is 0 Å².